The second-order valence-corrected chi connectivity index (χ2v) is 9.99. The molecule has 1 aliphatic heterocycles. The normalized spacial score (nSPS) is 25.6. The summed E-state index contributed by atoms with van der Waals surface area (Å²) < 4.78 is 32.4. The Kier molecular flexibility index (Phi) is 6.20. The van der Waals surface area contributed by atoms with Crippen LogP contribution in [0.25, 0.3) is 0 Å². The van der Waals surface area contributed by atoms with Crippen molar-refractivity contribution < 1.29 is 28.5 Å². The smallest absolute Gasteiger partial charge is 0.317 e. The van der Waals surface area contributed by atoms with Crippen LogP contribution < -0.4 is 19.5 Å². The molecule has 0 unspecified atom stereocenters. The number of methoxy groups -OCH3 is 2. The first-order valence-corrected chi connectivity index (χ1v) is 12.2. The molecule has 2 aliphatic rings. The number of ether oxygens (including phenoxy) is 3. The average molecular weight is 527 g/mol. The van der Waals surface area contributed by atoms with Crippen molar-refractivity contribution in [1.29, 1.82) is 0 Å². The monoisotopic (exact) mass is 526 g/mol. The Bertz CT molecular complexity index is 1350. The van der Waals surface area contributed by atoms with Crippen molar-refractivity contribution in [3.8, 4) is 17.2 Å². The summed E-state index contributed by atoms with van der Waals surface area (Å²) in [7, 11) is 6.26. The van der Waals surface area contributed by atoms with Gasteiger partial charge in [-0.25, -0.2) is 9.18 Å². The van der Waals surface area contributed by atoms with Crippen molar-refractivity contribution in [2.24, 2.45) is 0 Å². The first-order chi connectivity index (χ1) is 17.6. The molecule has 1 saturated carbocycles. The van der Waals surface area contributed by atoms with Crippen LogP contribution in [0.4, 0.5) is 9.18 Å². The highest BCUT2D eigenvalue weighted by atomic mass is 35.5. The molecule has 0 aromatic heterocycles. The van der Waals surface area contributed by atoms with Gasteiger partial charge in [-0.15, -0.1) is 0 Å². The second kappa shape index (κ2) is 9.11. The summed E-state index contributed by atoms with van der Waals surface area (Å²) >= 11 is 6.22. The molecule has 7 nitrogen and oxygen atoms in total. The Balaban J connectivity index is 1.83. The Labute approximate surface area is 219 Å². The minimum absolute atomic E-state index is 0.261. The maximum Gasteiger partial charge on any atom is 0.317 e. The van der Waals surface area contributed by atoms with E-state index < -0.39 is 29.0 Å². The van der Waals surface area contributed by atoms with Crippen LogP contribution in [-0.4, -0.2) is 50.4 Å². The molecular formula is C28H28ClFN2O5. The summed E-state index contributed by atoms with van der Waals surface area (Å²) in [5.74, 6) is 0.185. The van der Waals surface area contributed by atoms with Gasteiger partial charge in [0.15, 0.2) is 11.2 Å². The van der Waals surface area contributed by atoms with Gasteiger partial charge in [-0.3, -0.25) is 0 Å². The van der Waals surface area contributed by atoms with Crippen LogP contribution in [0.1, 0.15) is 29.0 Å². The predicted octanol–water partition coefficient (Wildman–Crippen LogP) is 4.80. The summed E-state index contributed by atoms with van der Waals surface area (Å²) in [6.07, 6.45) is 0.261. The topological polar surface area (TPSA) is 80.3 Å². The lowest BCUT2D eigenvalue weighted by Gasteiger charge is -2.41. The summed E-state index contributed by atoms with van der Waals surface area (Å²) in [4.78, 5) is 14.3. The number of rotatable bonds is 5. The zero-order chi connectivity index (χ0) is 26.5. The number of amides is 2. The van der Waals surface area contributed by atoms with E-state index in [1.807, 2.05) is 0 Å². The van der Waals surface area contributed by atoms with Gasteiger partial charge in [-0.1, -0.05) is 35.9 Å². The number of urea groups is 1. The van der Waals surface area contributed by atoms with E-state index in [9.17, 15) is 14.3 Å². The first-order valence-electron chi connectivity index (χ1n) is 11.8. The van der Waals surface area contributed by atoms with Crippen molar-refractivity contribution in [3.05, 3.63) is 88.2 Å². The summed E-state index contributed by atoms with van der Waals surface area (Å²) in [6, 6.07) is 15.3. The molecule has 1 fully saturated rings. The van der Waals surface area contributed by atoms with Crippen LogP contribution in [0.3, 0.4) is 0 Å². The number of aliphatic hydroxyl groups is 1. The molecule has 2 amide bonds. The highest BCUT2D eigenvalue weighted by molar-refractivity contribution is 6.30. The van der Waals surface area contributed by atoms with Crippen molar-refractivity contribution in [2.75, 3.05) is 28.3 Å². The molecule has 9 heteroatoms. The molecule has 4 atom stereocenters. The molecule has 0 spiro atoms. The summed E-state index contributed by atoms with van der Waals surface area (Å²) in [5.41, 5.74) is -1.65. The quantitative estimate of drug-likeness (QED) is 0.499. The van der Waals surface area contributed by atoms with Gasteiger partial charge in [0.2, 0.25) is 0 Å². The number of hydrogen-bond donors (Lipinski definition) is 2. The maximum absolute atomic E-state index is 14.5. The lowest BCUT2D eigenvalue weighted by Crippen LogP contribution is -2.57. The Hall–Kier alpha value is -3.49. The number of hydrogen-bond acceptors (Lipinski definition) is 5. The van der Waals surface area contributed by atoms with Crippen molar-refractivity contribution in [3.63, 3.8) is 0 Å². The molecule has 0 saturated heterocycles. The fraction of sp³-hybridized carbons (Fsp3) is 0.321. The molecule has 194 valence electrons. The number of nitrogens with zero attached hydrogens (tertiary/aromatic N) is 1. The lowest BCUT2D eigenvalue weighted by molar-refractivity contribution is -0.116. The van der Waals surface area contributed by atoms with Crippen LogP contribution in [-0.2, 0) is 11.2 Å². The standard InChI is InChI=1S/C28H28ClFN2O5/c1-32(2)26(33)31-24-15-21(16-6-5-7-19(30)12-16)28(17-8-10-18(29)11-9-17)27(24,34)25-22(36-4)13-20(35-3)14-23(25)37-28/h5-14,21,24,34H,15H2,1-4H3,(H,31,33)/t21-,24-,27+,28-/m0/s1. The zero-order valence-electron chi connectivity index (χ0n) is 20.9. The molecule has 0 radical (unpaired) electrons. The number of carbonyl (C=O) groups is 1. The average Bonchev–Trinajstić information content (AvgIpc) is 3.29. The van der Waals surface area contributed by atoms with Gasteiger partial charge < -0.3 is 29.5 Å². The summed E-state index contributed by atoms with van der Waals surface area (Å²) in [5, 5.41) is 16.4. The highest BCUT2D eigenvalue weighted by Crippen LogP contribution is 2.68. The molecule has 3 aromatic rings. The van der Waals surface area contributed by atoms with E-state index in [4.69, 9.17) is 25.8 Å². The molecule has 1 heterocycles. The lowest BCUT2D eigenvalue weighted by atomic mass is 9.71. The minimum Gasteiger partial charge on any atom is -0.496 e. The van der Waals surface area contributed by atoms with Crippen molar-refractivity contribution >= 4 is 17.6 Å². The Morgan fingerprint density at radius 1 is 1.14 bits per heavy atom. The van der Waals surface area contributed by atoms with E-state index in [0.717, 1.165) is 0 Å². The fourth-order valence-electron chi connectivity index (χ4n) is 5.79. The number of benzene rings is 3. The Morgan fingerprint density at radius 2 is 1.86 bits per heavy atom. The fourth-order valence-corrected chi connectivity index (χ4v) is 5.92. The third-order valence-electron chi connectivity index (χ3n) is 7.41. The van der Waals surface area contributed by atoms with E-state index in [1.165, 1.54) is 31.3 Å². The van der Waals surface area contributed by atoms with Crippen LogP contribution in [0.5, 0.6) is 17.2 Å². The minimum atomic E-state index is -1.81. The number of fused-ring (bicyclic) bond motifs is 3. The molecule has 2 N–H and O–H groups in total. The maximum atomic E-state index is 14.5. The van der Waals surface area contributed by atoms with Crippen LogP contribution >= 0.6 is 11.6 Å². The van der Waals surface area contributed by atoms with E-state index in [-0.39, 0.29) is 12.5 Å². The largest absolute Gasteiger partial charge is 0.496 e. The summed E-state index contributed by atoms with van der Waals surface area (Å²) in [6.45, 7) is 0. The van der Waals surface area contributed by atoms with Crippen LogP contribution in [0.15, 0.2) is 60.7 Å². The van der Waals surface area contributed by atoms with Gasteiger partial charge in [0, 0.05) is 37.2 Å². The van der Waals surface area contributed by atoms with E-state index >= 15 is 0 Å². The second-order valence-electron chi connectivity index (χ2n) is 9.55. The zero-order valence-corrected chi connectivity index (χ0v) is 21.7. The molecular weight excluding hydrogens is 499 g/mol. The first kappa shape index (κ1) is 25.2. The van der Waals surface area contributed by atoms with Gasteiger partial charge in [0.1, 0.15) is 23.1 Å². The van der Waals surface area contributed by atoms with Crippen molar-refractivity contribution in [1.82, 2.24) is 10.2 Å². The van der Waals surface area contributed by atoms with Gasteiger partial charge in [-0.2, -0.15) is 0 Å². The number of halogens is 2. The van der Waals surface area contributed by atoms with Crippen molar-refractivity contribution in [2.45, 2.75) is 29.6 Å². The molecule has 3 aromatic carbocycles. The van der Waals surface area contributed by atoms with Gasteiger partial charge in [0.25, 0.3) is 0 Å². The van der Waals surface area contributed by atoms with E-state index in [2.05, 4.69) is 5.32 Å². The molecule has 0 bridgehead atoms. The number of carbonyl (C=O) groups excluding carboxylic acids is 1. The molecule has 37 heavy (non-hydrogen) atoms. The van der Waals surface area contributed by atoms with Gasteiger partial charge in [-0.05, 0) is 41.8 Å². The third-order valence-corrected chi connectivity index (χ3v) is 7.66. The molecule has 1 aliphatic carbocycles. The predicted molar refractivity (Wildman–Crippen MR) is 137 cm³/mol. The van der Waals surface area contributed by atoms with E-state index in [1.54, 1.807) is 62.6 Å². The SMILES string of the molecule is COc1cc(OC)c2c(c1)O[C@@]1(c3ccc(Cl)cc3)[C@H](c3cccc(F)c3)C[C@H](NC(=O)N(C)C)[C@@]21O. The van der Waals surface area contributed by atoms with Crippen LogP contribution in [0, 0.1) is 5.82 Å². The van der Waals surface area contributed by atoms with Gasteiger partial charge in [0.05, 0.1) is 25.8 Å². The van der Waals surface area contributed by atoms with Crippen LogP contribution in [0.2, 0.25) is 5.02 Å². The third kappa shape index (κ3) is 3.69. The van der Waals surface area contributed by atoms with Gasteiger partial charge >= 0.3 is 6.03 Å². The van der Waals surface area contributed by atoms with E-state index in [0.29, 0.717) is 39.0 Å². The molecule has 5 rings (SSSR count). The number of nitrogens with one attached hydrogen (secondary N) is 1. The Morgan fingerprint density at radius 3 is 2.49 bits per heavy atom. The highest BCUT2D eigenvalue weighted by Gasteiger charge is 2.74.